The van der Waals surface area contributed by atoms with E-state index >= 15 is 0 Å². The number of halogens is 1. The van der Waals surface area contributed by atoms with Crippen LogP contribution in [-0.4, -0.2) is 50.1 Å². The van der Waals surface area contributed by atoms with Crippen LogP contribution in [0.15, 0.2) is 24.3 Å². The molecule has 0 fully saturated rings. The lowest BCUT2D eigenvalue weighted by Crippen LogP contribution is -2.34. The average Bonchev–Trinajstić information content (AvgIpc) is 3.26. The Labute approximate surface area is 178 Å². The molecule has 0 spiro atoms. The molecule has 2 aromatic heterocycles. The number of carbonyl (C=O) groups excluding carboxylic acids is 1. The molecule has 0 saturated heterocycles. The van der Waals surface area contributed by atoms with Crippen molar-refractivity contribution >= 4 is 55.5 Å². The summed E-state index contributed by atoms with van der Waals surface area (Å²) in [7, 11) is 5.71. The van der Waals surface area contributed by atoms with Crippen LogP contribution >= 0.6 is 34.3 Å². The lowest BCUT2D eigenvalue weighted by molar-refractivity contribution is -0.118. The maximum Gasteiger partial charge on any atom is 0.234 e. The van der Waals surface area contributed by atoms with E-state index < -0.39 is 0 Å². The van der Waals surface area contributed by atoms with Gasteiger partial charge in [0.2, 0.25) is 5.91 Å². The molecular weight excluding hydrogens is 414 g/mol. The van der Waals surface area contributed by atoms with Gasteiger partial charge in [0.05, 0.1) is 22.6 Å². The molecule has 2 heterocycles. The Morgan fingerprint density at radius 1 is 1.18 bits per heavy atom. The van der Waals surface area contributed by atoms with E-state index in [1.54, 1.807) is 23.3 Å². The molecule has 0 atom stereocenters. The summed E-state index contributed by atoms with van der Waals surface area (Å²) in [4.78, 5) is 22.8. The van der Waals surface area contributed by atoms with Crippen LogP contribution in [0.1, 0.15) is 16.9 Å². The minimum absolute atomic E-state index is 0.0351. The van der Waals surface area contributed by atoms with Gasteiger partial charge in [-0.15, -0.1) is 11.3 Å². The first-order chi connectivity index (χ1) is 13.4. The Hall–Kier alpha value is -1.67. The van der Waals surface area contributed by atoms with Crippen molar-refractivity contribution in [3.8, 4) is 5.75 Å². The number of ether oxygens (including phenoxy) is 1. The second-order valence-electron chi connectivity index (χ2n) is 6.84. The number of anilines is 1. The first kappa shape index (κ1) is 21.0. The molecule has 5 nitrogen and oxygen atoms in total. The van der Waals surface area contributed by atoms with Gasteiger partial charge in [0.25, 0.3) is 0 Å². The average molecular weight is 438 g/mol. The Morgan fingerprint density at radius 2 is 1.96 bits per heavy atom. The highest BCUT2D eigenvalue weighted by molar-refractivity contribution is 7.22. The molecule has 150 valence electrons. The van der Waals surface area contributed by atoms with Crippen LogP contribution in [0.5, 0.6) is 5.75 Å². The quantitative estimate of drug-likeness (QED) is 0.505. The molecule has 0 radical (unpaired) electrons. The summed E-state index contributed by atoms with van der Waals surface area (Å²) in [6, 6.07) is 7.69. The van der Waals surface area contributed by atoms with Crippen molar-refractivity contribution in [1.82, 2.24) is 9.88 Å². The zero-order chi connectivity index (χ0) is 20.3. The smallest absolute Gasteiger partial charge is 0.234 e. The fourth-order valence-corrected chi connectivity index (χ4v) is 5.12. The van der Waals surface area contributed by atoms with E-state index in [2.05, 4.69) is 11.8 Å². The van der Waals surface area contributed by atoms with Gasteiger partial charge in [-0.05, 0) is 57.7 Å². The molecular formula is C20H24ClN3O2S2. The molecule has 3 rings (SSSR count). The van der Waals surface area contributed by atoms with Crippen molar-refractivity contribution < 1.29 is 9.53 Å². The van der Waals surface area contributed by atoms with E-state index in [9.17, 15) is 4.79 Å². The molecule has 8 heteroatoms. The number of thiophene rings is 1. The molecule has 0 bridgehead atoms. The minimum Gasteiger partial charge on any atom is -0.494 e. The van der Waals surface area contributed by atoms with E-state index in [0.717, 1.165) is 39.4 Å². The number of rotatable bonds is 8. The van der Waals surface area contributed by atoms with Crippen molar-refractivity contribution in [1.29, 1.82) is 0 Å². The number of carbonyl (C=O) groups is 1. The topological polar surface area (TPSA) is 45.7 Å². The first-order valence-corrected chi connectivity index (χ1v) is 11.0. The molecule has 0 aliphatic carbocycles. The number of nitrogens with zero attached hydrogens (tertiary/aromatic N) is 3. The fraction of sp³-hybridized carbons (Fsp3) is 0.400. The Bertz CT molecular complexity index is 968. The van der Waals surface area contributed by atoms with E-state index in [4.69, 9.17) is 21.3 Å². The van der Waals surface area contributed by atoms with Crippen LogP contribution in [0.4, 0.5) is 5.13 Å². The van der Waals surface area contributed by atoms with Gasteiger partial charge in [0, 0.05) is 11.4 Å². The number of aromatic nitrogens is 1. The van der Waals surface area contributed by atoms with Crippen LogP contribution in [-0.2, 0) is 11.2 Å². The van der Waals surface area contributed by atoms with Gasteiger partial charge < -0.3 is 9.64 Å². The predicted octanol–water partition coefficient (Wildman–Crippen LogP) is 4.86. The minimum atomic E-state index is 0.0351. The van der Waals surface area contributed by atoms with Crippen LogP contribution < -0.4 is 9.64 Å². The van der Waals surface area contributed by atoms with Gasteiger partial charge in [0.1, 0.15) is 11.3 Å². The molecule has 0 saturated carbocycles. The third-order valence-corrected chi connectivity index (χ3v) is 6.83. The number of hydrogen-bond acceptors (Lipinski definition) is 6. The summed E-state index contributed by atoms with van der Waals surface area (Å²) < 4.78 is 7.22. The predicted molar refractivity (Wildman–Crippen MR) is 119 cm³/mol. The van der Waals surface area contributed by atoms with Gasteiger partial charge in [-0.25, -0.2) is 4.98 Å². The summed E-state index contributed by atoms with van der Waals surface area (Å²) >= 11 is 9.01. The summed E-state index contributed by atoms with van der Waals surface area (Å²) in [6.07, 6.45) is 1.20. The molecule has 0 unspecified atom stereocenters. The van der Waals surface area contributed by atoms with Crippen molar-refractivity contribution in [2.75, 3.05) is 39.2 Å². The third-order valence-electron chi connectivity index (χ3n) is 4.39. The highest BCUT2D eigenvalue weighted by atomic mass is 35.5. The van der Waals surface area contributed by atoms with Crippen molar-refractivity contribution in [3.63, 3.8) is 0 Å². The molecule has 0 N–H and O–H groups in total. The number of benzene rings is 1. The second kappa shape index (κ2) is 9.22. The van der Waals surface area contributed by atoms with Crippen LogP contribution in [0, 0.1) is 6.92 Å². The standard InChI is InChI=1S/C20H24ClN3O2S2/c1-13-6-8-15(26-4)18-19(13)28-20(22-18)24(11-5-10-23(2)3)17(25)12-14-7-9-16(21)27-14/h6-9H,5,10-12H2,1-4H3. The van der Waals surface area contributed by atoms with Crippen LogP contribution in [0.2, 0.25) is 4.34 Å². The number of thiazole rings is 1. The molecule has 1 amide bonds. The summed E-state index contributed by atoms with van der Waals surface area (Å²) in [6.45, 7) is 3.58. The van der Waals surface area contributed by atoms with Crippen molar-refractivity contribution in [2.45, 2.75) is 19.8 Å². The second-order valence-corrected chi connectivity index (χ2v) is 9.62. The molecule has 0 aliphatic rings. The van der Waals surface area contributed by atoms with Gasteiger partial charge in [0.15, 0.2) is 5.13 Å². The maximum absolute atomic E-state index is 13.1. The highest BCUT2D eigenvalue weighted by Gasteiger charge is 2.22. The van der Waals surface area contributed by atoms with E-state index in [1.165, 1.54) is 11.3 Å². The third kappa shape index (κ3) is 4.84. The van der Waals surface area contributed by atoms with Gasteiger partial charge in [-0.3, -0.25) is 9.69 Å². The van der Waals surface area contributed by atoms with E-state index in [0.29, 0.717) is 22.4 Å². The number of amides is 1. The van der Waals surface area contributed by atoms with Gasteiger partial charge in [-0.2, -0.15) is 0 Å². The summed E-state index contributed by atoms with van der Waals surface area (Å²) in [5.41, 5.74) is 1.94. The zero-order valence-corrected chi connectivity index (χ0v) is 18.9. The Kier molecular flexibility index (Phi) is 6.93. The lowest BCUT2D eigenvalue weighted by atomic mass is 10.2. The monoisotopic (exact) mass is 437 g/mol. The molecule has 3 aromatic rings. The highest BCUT2D eigenvalue weighted by Crippen LogP contribution is 2.36. The lowest BCUT2D eigenvalue weighted by Gasteiger charge is -2.20. The zero-order valence-electron chi connectivity index (χ0n) is 16.5. The number of aryl methyl sites for hydroxylation is 1. The normalized spacial score (nSPS) is 11.4. The van der Waals surface area contributed by atoms with E-state index in [-0.39, 0.29) is 5.91 Å². The number of hydrogen-bond donors (Lipinski definition) is 0. The van der Waals surface area contributed by atoms with Crippen molar-refractivity contribution in [3.05, 3.63) is 39.0 Å². The Morgan fingerprint density at radius 3 is 2.61 bits per heavy atom. The molecule has 1 aromatic carbocycles. The fourth-order valence-electron chi connectivity index (χ4n) is 2.94. The summed E-state index contributed by atoms with van der Waals surface area (Å²) in [5, 5.41) is 0.717. The maximum atomic E-state index is 13.1. The van der Waals surface area contributed by atoms with Crippen LogP contribution in [0.3, 0.4) is 0 Å². The van der Waals surface area contributed by atoms with Gasteiger partial charge >= 0.3 is 0 Å². The first-order valence-electron chi connectivity index (χ1n) is 9.02. The van der Waals surface area contributed by atoms with Gasteiger partial charge in [-0.1, -0.05) is 29.0 Å². The number of methoxy groups -OCH3 is 1. The summed E-state index contributed by atoms with van der Waals surface area (Å²) in [5.74, 6) is 0.766. The Balaban J connectivity index is 1.92. The van der Waals surface area contributed by atoms with Crippen molar-refractivity contribution in [2.24, 2.45) is 0 Å². The molecule has 28 heavy (non-hydrogen) atoms. The molecule has 0 aliphatic heterocycles. The SMILES string of the molecule is COc1ccc(C)c2sc(N(CCCN(C)C)C(=O)Cc3ccc(Cl)s3)nc12. The number of fused-ring (bicyclic) bond motifs is 1. The van der Waals surface area contributed by atoms with E-state index in [1.807, 2.05) is 38.4 Å². The van der Waals surface area contributed by atoms with Crippen LogP contribution in [0.25, 0.3) is 10.2 Å². The largest absolute Gasteiger partial charge is 0.494 e.